The molecule has 0 aliphatic carbocycles. The van der Waals surface area contributed by atoms with Gasteiger partial charge in [-0.15, -0.1) is 0 Å². The smallest absolute Gasteiger partial charge is 0.328 e. The van der Waals surface area contributed by atoms with Crippen LogP contribution in [0, 0.1) is 11.2 Å². The monoisotopic (exact) mass is 525 g/mol. The van der Waals surface area contributed by atoms with Crippen molar-refractivity contribution in [1.82, 2.24) is 30.9 Å². The van der Waals surface area contributed by atoms with Crippen molar-refractivity contribution >= 4 is 40.4 Å². The number of carbonyl (C=O) groups is 4. The van der Waals surface area contributed by atoms with Crippen molar-refractivity contribution in [2.45, 2.75) is 45.1 Å². The molecule has 5 amide bonds. The van der Waals surface area contributed by atoms with E-state index in [0.29, 0.717) is 11.3 Å². The van der Waals surface area contributed by atoms with Gasteiger partial charge in [0.05, 0.1) is 41.6 Å². The highest BCUT2D eigenvalue weighted by Crippen LogP contribution is 2.49. The van der Waals surface area contributed by atoms with Crippen LogP contribution in [0.3, 0.4) is 0 Å². The summed E-state index contributed by atoms with van der Waals surface area (Å²) in [6.45, 7) is 3.79. The van der Waals surface area contributed by atoms with E-state index < -0.39 is 47.1 Å². The van der Waals surface area contributed by atoms with Gasteiger partial charge >= 0.3 is 6.03 Å². The molecule has 0 saturated carbocycles. The number of nitrogens with one attached hydrogen (secondary N) is 3. The maximum atomic E-state index is 16.1. The molecular formula is C24H24FN7O6. The lowest BCUT2D eigenvalue weighted by molar-refractivity contribution is -0.153. The summed E-state index contributed by atoms with van der Waals surface area (Å²) in [5.74, 6) is -2.96. The summed E-state index contributed by atoms with van der Waals surface area (Å²) >= 11 is 0. The summed E-state index contributed by atoms with van der Waals surface area (Å²) in [6, 6.07) is 1.42. The van der Waals surface area contributed by atoms with Gasteiger partial charge < -0.3 is 19.5 Å². The third kappa shape index (κ3) is 3.40. The van der Waals surface area contributed by atoms with E-state index in [2.05, 4.69) is 26.2 Å². The lowest BCUT2D eigenvalue weighted by Crippen LogP contribution is -2.75. The molecule has 2 saturated heterocycles. The van der Waals surface area contributed by atoms with E-state index in [9.17, 15) is 19.2 Å². The van der Waals surface area contributed by atoms with E-state index in [0.717, 1.165) is 0 Å². The Hall–Kier alpha value is -4.33. The van der Waals surface area contributed by atoms with Crippen LogP contribution in [0.15, 0.2) is 22.9 Å². The largest absolute Gasteiger partial charge is 0.372 e. The van der Waals surface area contributed by atoms with Gasteiger partial charge in [-0.25, -0.2) is 9.18 Å². The third-order valence-corrected chi connectivity index (χ3v) is 7.38. The summed E-state index contributed by atoms with van der Waals surface area (Å²) in [5.41, 5.74) is -1.09. The predicted octanol–water partition coefficient (Wildman–Crippen LogP) is 0.521. The van der Waals surface area contributed by atoms with Gasteiger partial charge in [0.1, 0.15) is 0 Å². The van der Waals surface area contributed by atoms with Crippen LogP contribution in [-0.4, -0.2) is 63.5 Å². The van der Waals surface area contributed by atoms with Crippen LogP contribution in [0.2, 0.25) is 0 Å². The van der Waals surface area contributed by atoms with Gasteiger partial charge in [-0.05, 0) is 31.5 Å². The second-order valence-corrected chi connectivity index (χ2v) is 9.90. The molecular weight excluding hydrogens is 501 g/mol. The highest BCUT2D eigenvalue weighted by molar-refractivity contribution is 6.20. The average Bonchev–Trinajstić information content (AvgIpc) is 3.46. The number of carbonyl (C=O) groups excluding carboxylic acids is 4. The van der Waals surface area contributed by atoms with Gasteiger partial charge in [-0.3, -0.25) is 29.7 Å². The van der Waals surface area contributed by atoms with E-state index in [1.165, 1.54) is 6.07 Å². The molecule has 198 valence electrons. The number of rotatable bonds is 3. The van der Waals surface area contributed by atoms with Crippen LogP contribution in [0.25, 0.3) is 11.0 Å². The number of aromatic nitrogens is 3. The van der Waals surface area contributed by atoms with E-state index in [4.69, 9.17) is 9.26 Å². The number of hydrogen-bond donors (Lipinski definition) is 3. The summed E-state index contributed by atoms with van der Waals surface area (Å²) in [5, 5.41) is 15.2. The molecule has 1 spiro atoms. The Bertz CT molecular complexity index is 1510. The molecule has 14 heteroatoms. The first-order valence-corrected chi connectivity index (χ1v) is 12.1. The zero-order chi connectivity index (χ0) is 26.9. The number of ether oxygens (including phenoxy) is 1. The fraction of sp³-hybridized carbons (Fsp3) is 0.417. The van der Waals surface area contributed by atoms with Crippen molar-refractivity contribution in [3.05, 3.63) is 41.1 Å². The molecule has 13 nitrogen and oxygen atoms in total. The Balaban J connectivity index is 1.46. The van der Waals surface area contributed by atoms with Gasteiger partial charge in [0.2, 0.25) is 17.4 Å². The van der Waals surface area contributed by atoms with E-state index >= 15 is 4.39 Å². The number of fused-ring (bicyclic) bond motifs is 5. The van der Waals surface area contributed by atoms with Gasteiger partial charge in [0.15, 0.2) is 16.9 Å². The molecule has 3 aliphatic rings. The number of halogens is 1. The number of aryl methyl sites for hydroxylation is 1. The summed E-state index contributed by atoms with van der Waals surface area (Å²) in [6.07, 6.45) is 0.493. The number of barbiturate groups is 1. The third-order valence-electron chi connectivity index (χ3n) is 7.38. The van der Waals surface area contributed by atoms with Crippen molar-refractivity contribution in [1.29, 1.82) is 0 Å². The quantitative estimate of drug-likeness (QED) is 0.414. The fourth-order valence-electron chi connectivity index (χ4n) is 5.92. The zero-order valence-electron chi connectivity index (χ0n) is 20.7. The first kappa shape index (κ1) is 24.0. The topological polar surface area (TPSA) is 161 Å². The Morgan fingerprint density at radius 3 is 2.68 bits per heavy atom. The first-order chi connectivity index (χ1) is 18.1. The number of benzene rings is 1. The molecule has 6 rings (SSSR count). The van der Waals surface area contributed by atoms with Crippen LogP contribution in [0.5, 0.6) is 0 Å². The molecule has 3 N–H and O–H groups in total. The average molecular weight is 525 g/mol. The SMILES string of the molecule is C[C@@H]1CN2c3c(cc4c(C(=O)NCc5ccn(C)n5)noc4c3F)CC3(C(=O)NC(=O)NC3=O)[C@H]2[C@H](C)O1. The number of anilines is 1. The molecule has 1 aromatic carbocycles. The lowest BCUT2D eigenvalue weighted by atomic mass is 9.66. The maximum absolute atomic E-state index is 16.1. The van der Waals surface area contributed by atoms with Crippen LogP contribution < -0.4 is 20.9 Å². The summed E-state index contributed by atoms with van der Waals surface area (Å²) in [7, 11) is 1.75. The molecule has 2 aromatic heterocycles. The minimum atomic E-state index is -1.78. The summed E-state index contributed by atoms with van der Waals surface area (Å²) in [4.78, 5) is 53.1. The Kier molecular flexibility index (Phi) is 5.28. The molecule has 38 heavy (non-hydrogen) atoms. The number of hydrogen-bond acceptors (Lipinski definition) is 9. The standard InChI is InChI=1S/C24H24FN7O6/c1-10-9-32-17-12(7-24(19(32)11(2)37-10)21(34)27-23(36)28-22(24)35)6-14-16(30-38-18(14)15(17)25)20(33)26-8-13-4-5-31(3)29-13/h4-6,10-11,19H,7-9H2,1-3H3,(H,26,33)(H2,27,28,34,35,36)/t10-,11+,19-/m1/s1. The molecule has 2 fully saturated rings. The number of imide groups is 2. The van der Waals surface area contributed by atoms with Crippen molar-refractivity contribution in [2.24, 2.45) is 12.5 Å². The minimum Gasteiger partial charge on any atom is -0.372 e. The van der Waals surface area contributed by atoms with Gasteiger partial charge in [0.25, 0.3) is 5.91 Å². The Morgan fingerprint density at radius 1 is 1.26 bits per heavy atom. The molecule has 3 atom stereocenters. The van der Waals surface area contributed by atoms with Crippen LogP contribution in [-0.2, 0) is 34.3 Å². The zero-order valence-corrected chi connectivity index (χ0v) is 20.7. The normalized spacial score (nSPS) is 24.2. The molecule has 5 heterocycles. The molecule has 0 unspecified atom stereocenters. The van der Waals surface area contributed by atoms with Crippen molar-refractivity contribution in [3.63, 3.8) is 0 Å². The fourth-order valence-corrected chi connectivity index (χ4v) is 5.92. The Morgan fingerprint density at radius 2 is 2.00 bits per heavy atom. The van der Waals surface area contributed by atoms with E-state index in [-0.39, 0.29) is 48.0 Å². The van der Waals surface area contributed by atoms with Gasteiger partial charge in [-0.1, -0.05) is 5.16 Å². The Labute approximate surface area is 214 Å². The number of nitrogens with zero attached hydrogens (tertiary/aromatic N) is 4. The molecule has 3 aliphatic heterocycles. The first-order valence-electron chi connectivity index (χ1n) is 12.1. The van der Waals surface area contributed by atoms with E-state index in [1.54, 1.807) is 42.7 Å². The second-order valence-electron chi connectivity index (χ2n) is 9.90. The molecule has 3 aromatic rings. The maximum Gasteiger partial charge on any atom is 0.328 e. The van der Waals surface area contributed by atoms with Crippen LogP contribution >= 0.6 is 0 Å². The predicted molar refractivity (Wildman–Crippen MR) is 127 cm³/mol. The molecule has 0 bridgehead atoms. The molecule has 0 radical (unpaired) electrons. The highest BCUT2D eigenvalue weighted by atomic mass is 19.1. The van der Waals surface area contributed by atoms with Gasteiger partial charge in [-0.2, -0.15) is 5.10 Å². The number of urea groups is 1. The lowest BCUT2D eigenvalue weighted by Gasteiger charge is -2.55. The van der Waals surface area contributed by atoms with Gasteiger partial charge in [0, 0.05) is 26.2 Å². The van der Waals surface area contributed by atoms with Crippen LogP contribution in [0.1, 0.15) is 35.6 Å². The van der Waals surface area contributed by atoms with Crippen LogP contribution in [0.4, 0.5) is 14.9 Å². The van der Waals surface area contributed by atoms with E-state index in [1.807, 2.05) is 0 Å². The highest BCUT2D eigenvalue weighted by Gasteiger charge is 2.63. The van der Waals surface area contributed by atoms with Crippen molar-refractivity contribution in [3.8, 4) is 0 Å². The number of amides is 5. The van der Waals surface area contributed by atoms with Crippen molar-refractivity contribution in [2.75, 3.05) is 11.4 Å². The minimum absolute atomic E-state index is 0.0930. The van der Waals surface area contributed by atoms with Crippen molar-refractivity contribution < 1.29 is 32.8 Å². The number of morpholine rings is 1. The summed E-state index contributed by atoms with van der Waals surface area (Å²) < 4.78 is 28.9. The second kappa shape index (κ2) is 8.34.